The molecule has 84 valence electrons. The molecule has 0 aliphatic heterocycles. The molecule has 1 aromatic carbocycles. The summed E-state index contributed by atoms with van der Waals surface area (Å²) in [6.45, 7) is 4.69. The summed E-state index contributed by atoms with van der Waals surface area (Å²) in [5, 5.41) is 0. The molecule has 0 heteroatoms. The Morgan fingerprint density at radius 3 is 2.38 bits per heavy atom. The number of benzene rings is 1. The van der Waals surface area contributed by atoms with E-state index in [9.17, 15) is 0 Å². The quantitative estimate of drug-likeness (QED) is 0.600. The van der Waals surface area contributed by atoms with Crippen LogP contribution in [0.1, 0.15) is 44.6 Å². The van der Waals surface area contributed by atoms with Gasteiger partial charge < -0.3 is 0 Å². The van der Waals surface area contributed by atoms with Gasteiger partial charge in [0.25, 0.3) is 0 Å². The topological polar surface area (TPSA) is 0 Å². The van der Waals surface area contributed by atoms with Crippen molar-refractivity contribution in [3.05, 3.63) is 48.0 Å². The van der Waals surface area contributed by atoms with E-state index in [2.05, 4.69) is 56.3 Å². The van der Waals surface area contributed by atoms with Crippen LogP contribution in [0.25, 0.3) is 0 Å². The van der Waals surface area contributed by atoms with Crippen molar-refractivity contribution in [1.29, 1.82) is 0 Å². The maximum atomic E-state index is 2.51. The van der Waals surface area contributed by atoms with Crippen LogP contribution in [0.2, 0.25) is 0 Å². The standard InChI is InChI=1S/C16H20/c1-15(2)8-10-16(11-9-15)12-14(16)13-6-4-3-5-7-13/h3-8,10,14H,9,11-12H2,1-2H3/t14-,16+/m1/s1. The lowest BCUT2D eigenvalue weighted by atomic mass is 9.76. The number of allylic oxidation sites excluding steroid dienone is 2. The van der Waals surface area contributed by atoms with Gasteiger partial charge in [-0.25, -0.2) is 0 Å². The molecule has 0 amide bonds. The maximum absolute atomic E-state index is 2.51. The molecular weight excluding hydrogens is 192 g/mol. The number of rotatable bonds is 1. The fourth-order valence-corrected chi connectivity index (χ4v) is 3.03. The molecule has 1 saturated carbocycles. The van der Waals surface area contributed by atoms with Gasteiger partial charge in [-0.2, -0.15) is 0 Å². The van der Waals surface area contributed by atoms with Crippen molar-refractivity contribution < 1.29 is 0 Å². The zero-order chi connectivity index (χ0) is 11.2. The Kier molecular flexibility index (Phi) is 2.04. The summed E-state index contributed by atoms with van der Waals surface area (Å²) < 4.78 is 0. The largest absolute Gasteiger partial charge is 0.0823 e. The molecule has 2 aliphatic rings. The van der Waals surface area contributed by atoms with Gasteiger partial charge >= 0.3 is 0 Å². The van der Waals surface area contributed by atoms with E-state index in [0.717, 1.165) is 5.92 Å². The molecule has 0 nitrogen and oxygen atoms in total. The van der Waals surface area contributed by atoms with Crippen LogP contribution in [0, 0.1) is 10.8 Å². The fraction of sp³-hybridized carbons (Fsp3) is 0.500. The average molecular weight is 212 g/mol. The zero-order valence-electron chi connectivity index (χ0n) is 10.2. The predicted octanol–water partition coefficient (Wildman–Crippen LogP) is 4.54. The molecule has 1 fully saturated rings. The van der Waals surface area contributed by atoms with Crippen molar-refractivity contribution in [3.63, 3.8) is 0 Å². The van der Waals surface area contributed by atoms with E-state index in [1.54, 1.807) is 0 Å². The zero-order valence-corrected chi connectivity index (χ0v) is 10.2. The highest BCUT2D eigenvalue weighted by Crippen LogP contribution is 2.65. The van der Waals surface area contributed by atoms with Crippen LogP contribution >= 0.6 is 0 Å². The van der Waals surface area contributed by atoms with Crippen LogP contribution < -0.4 is 0 Å². The average Bonchev–Trinajstić information content (AvgIpc) is 3.00. The molecule has 0 saturated heterocycles. The highest BCUT2D eigenvalue weighted by atomic mass is 14.6. The van der Waals surface area contributed by atoms with Crippen LogP contribution in [-0.4, -0.2) is 0 Å². The SMILES string of the molecule is CC1(C)C=C[C@]2(CC1)C[C@@H]2c1ccccc1. The smallest absolute Gasteiger partial charge is 0.00426 e. The highest BCUT2D eigenvalue weighted by molar-refractivity contribution is 5.35. The maximum Gasteiger partial charge on any atom is -0.00426 e. The van der Waals surface area contributed by atoms with Crippen LogP contribution in [0.15, 0.2) is 42.5 Å². The van der Waals surface area contributed by atoms with E-state index in [1.165, 1.54) is 24.8 Å². The van der Waals surface area contributed by atoms with Crippen LogP contribution in [-0.2, 0) is 0 Å². The summed E-state index contributed by atoms with van der Waals surface area (Å²) in [5.74, 6) is 0.793. The second kappa shape index (κ2) is 3.23. The Bertz CT molecular complexity index is 413. The Labute approximate surface area is 98.4 Å². The van der Waals surface area contributed by atoms with Crippen LogP contribution in [0.4, 0.5) is 0 Å². The predicted molar refractivity (Wildman–Crippen MR) is 68.4 cm³/mol. The minimum atomic E-state index is 0.426. The van der Waals surface area contributed by atoms with Crippen LogP contribution in [0.5, 0.6) is 0 Å². The Morgan fingerprint density at radius 2 is 1.75 bits per heavy atom. The van der Waals surface area contributed by atoms with Crippen molar-refractivity contribution in [2.75, 3.05) is 0 Å². The summed E-state index contributed by atoms with van der Waals surface area (Å²) in [5.41, 5.74) is 2.48. The van der Waals surface area contributed by atoms with Crippen molar-refractivity contribution >= 4 is 0 Å². The first-order valence-electron chi connectivity index (χ1n) is 6.37. The molecular formula is C16H20. The molecule has 2 atom stereocenters. The monoisotopic (exact) mass is 212 g/mol. The van der Waals surface area contributed by atoms with Crippen molar-refractivity contribution in [2.24, 2.45) is 10.8 Å². The van der Waals surface area contributed by atoms with Crippen molar-refractivity contribution in [1.82, 2.24) is 0 Å². The van der Waals surface area contributed by atoms with Gasteiger partial charge in [0.05, 0.1) is 0 Å². The van der Waals surface area contributed by atoms with Gasteiger partial charge in [0.15, 0.2) is 0 Å². The lowest BCUT2D eigenvalue weighted by Crippen LogP contribution is -2.17. The van der Waals surface area contributed by atoms with Gasteiger partial charge in [-0.3, -0.25) is 0 Å². The molecule has 0 heterocycles. The van der Waals surface area contributed by atoms with E-state index >= 15 is 0 Å². The molecule has 0 aromatic heterocycles. The molecule has 0 unspecified atom stereocenters. The van der Waals surface area contributed by atoms with Gasteiger partial charge in [-0.1, -0.05) is 56.3 Å². The second-order valence-corrected chi connectivity index (χ2v) is 6.22. The lowest BCUT2D eigenvalue weighted by Gasteiger charge is -2.29. The molecule has 2 aliphatic carbocycles. The van der Waals surface area contributed by atoms with Crippen molar-refractivity contribution in [2.45, 2.75) is 39.0 Å². The lowest BCUT2D eigenvalue weighted by molar-refractivity contribution is 0.345. The first-order chi connectivity index (χ1) is 7.61. The molecule has 0 radical (unpaired) electrons. The van der Waals surface area contributed by atoms with Gasteiger partial charge in [-0.15, -0.1) is 0 Å². The van der Waals surface area contributed by atoms with Gasteiger partial charge in [-0.05, 0) is 41.6 Å². The summed E-state index contributed by atoms with van der Waals surface area (Å²) >= 11 is 0. The molecule has 1 aromatic rings. The highest BCUT2D eigenvalue weighted by Gasteiger charge is 2.53. The summed E-state index contributed by atoms with van der Waals surface area (Å²) in [4.78, 5) is 0. The first-order valence-corrected chi connectivity index (χ1v) is 6.37. The third-order valence-corrected chi connectivity index (χ3v) is 4.42. The summed E-state index contributed by atoms with van der Waals surface area (Å²) in [7, 11) is 0. The number of hydrogen-bond donors (Lipinski definition) is 0. The second-order valence-electron chi connectivity index (χ2n) is 6.22. The Hall–Kier alpha value is -1.04. The van der Waals surface area contributed by atoms with Gasteiger partial charge in [0.1, 0.15) is 0 Å². The molecule has 0 N–H and O–H groups in total. The minimum Gasteiger partial charge on any atom is -0.0823 e. The Morgan fingerprint density at radius 1 is 1.00 bits per heavy atom. The van der Waals surface area contributed by atoms with E-state index in [1.807, 2.05) is 0 Å². The first kappa shape index (κ1) is 10.1. The molecule has 1 spiro atoms. The van der Waals surface area contributed by atoms with Gasteiger partial charge in [0.2, 0.25) is 0 Å². The van der Waals surface area contributed by atoms with E-state index < -0.39 is 0 Å². The fourth-order valence-electron chi connectivity index (χ4n) is 3.03. The molecule has 16 heavy (non-hydrogen) atoms. The van der Waals surface area contributed by atoms with E-state index in [4.69, 9.17) is 0 Å². The third kappa shape index (κ3) is 1.61. The van der Waals surface area contributed by atoms with E-state index in [-0.39, 0.29) is 0 Å². The van der Waals surface area contributed by atoms with E-state index in [0.29, 0.717) is 10.8 Å². The minimum absolute atomic E-state index is 0.426. The summed E-state index contributed by atoms with van der Waals surface area (Å²) in [6.07, 6.45) is 9.03. The van der Waals surface area contributed by atoms with Crippen molar-refractivity contribution in [3.8, 4) is 0 Å². The molecule has 0 bridgehead atoms. The van der Waals surface area contributed by atoms with Gasteiger partial charge in [0, 0.05) is 0 Å². The normalized spacial score (nSPS) is 35.2. The summed E-state index contributed by atoms with van der Waals surface area (Å²) in [6, 6.07) is 11.0. The third-order valence-electron chi connectivity index (χ3n) is 4.42. The Balaban J connectivity index is 1.82. The molecule has 3 rings (SSSR count). The van der Waals surface area contributed by atoms with Crippen LogP contribution in [0.3, 0.4) is 0 Å². The number of hydrogen-bond acceptors (Lipinski definition) is 0.